The standard InChI is InChI=1S/C13H16N2O3/c1-2-11-9-5-10(14-11)7-15(6-9)13(17)18-12(16)8-3-4-8/h1,8-11,14H,3-7H2. The van der Waals surface area contributed by atoms with Gasteiger partial charge in [0.15, 0.2) is 0 Å². The van der Waals surface area contributed by atoms with E-state index in [0.717, 1.165) is 19.3 Å². The number of hydrogen-bond donors (Lipinski definition) is 1. The molecular weight excluding hydrogens is 232 g/mol. The Morgan fingerprint density at radius 1 is 1.33 bits per heavy atom. The average molecular weight is 248 g/mol. The third kappa shape index (κ3) is 2.08. The molecule has 5 nitrogen and oxygen atoms in total. The first-order valence-electron chi connectivity index (χ1n) is 6.40. The van der Waals surface area contributed by atoms with Gasteiger partial charge in [-0.15, -0.1) is 6.42 Å². The van der Waals surface area contributed by atoms with Crippen molar-refractivity contribution >= 4 is 12.1 Å². The maximum Gasteiger partial charge on any atom is 0.417 e. The van der Waals surface area contributed by atoms with E-state index in [0.29, 0.717) is 13.1 Å². The summed E-state index contributed by atoms with van der Waals surface area (Å²) in [5.74, 6) is 2.56. The van der Waals surface area contributed by atoms with Crippen molar-refractivity contribution in [3.8, 4) is 12.3 Å². The van der Waals surface area contributed by atoms with E-state index in [9.17, 15) is 9.59 Å². The van der Waals surface area contributed by atoms with Gasteiger partial charge in [-0.3, -0.25) is 10.1 Å². The van der Waals surface area contributed by atoms with Gasteiger partial charge in [0.25, 0.3) is 0 Å². The van der Waals surface area contributed by atoms with Gasteiger partial charge in [-0.05, 0) is 19.3 Å². The Hall–Kier alpha value is -1.54. The Labute approximate surface area is 106 Å². The lowest BCUT2D eigenvalue weighted by Crippen LogP contribution is -2.45. The van der Waals surface area contributed by atoms with Crippen molar-refractivity contribution in [1.82, 2.24) is 10.2 Å². The van der Waals surface area contributed by atoms with Gasteiger partial charge in [0.05, 0.1) is 12.0 Å². The molecule has 1 N–H and O–H groups in total. The van der Waals surface area contributed by atoms with Crippen LogP contribution in [0.2, 0.25) is 0 Å². The number of terminal acetylenes is 1. The summed E-state index contributed by atoms with van der Waals surface area (Å²) in [5, 5.41) is 3.31. The number of likely N-dealkylation sites (tertiary alicyclic amines) is 1. The molecule has 2 bridgehead atoms. The normalized spacial score (nSPS) is 33.9. The summed E-state index contributed by atoms with van der Waals surface area (Å²) in [7, 11) is 0. The highest BCUT2D eigenvalue weighted by Gasteiger charge is 2.42. The largest absolute Gasteiger partial charge is 0.417 e. The minimum absolute atomic E-state index is 0.0342. The lowest BCUT2D eigenvalue weighted by molar-refractivity contribution is -0.140. The van der Waals surface area contributed by atoms with Crippen LogP contribution >= 0.6 is 0 Å². The fourth-order valence-electron chi connectivity index (χ4n) is 2.78. The van der Waals surface area contributed by atoms with Gasteiger partial charge in [-0.25, -0.2) is 4.79 Å². The maximum absolute atomic E-state index is 11.9. The molecule has 96 valence electrons. The van der Waals surface area contributed by atoms with Crippen molar-refractivity contribution in [2.75, 3.05) is 13.1 Å². The van der Waals surface area contributed by atoms with Crippen molar-refractivity contribution in [2.45, 2.75) is 31.3 Å². The molecule has 1 aliphatic carbocycles. The van der Waals surface area contributed by atoms with Crippen molar-refractivity contribution in [1.29, 1.82) is 0 Å². The van der Waals surface area contributed by atoms with Crippen LogP contribution < -0.4 is 5.32 Å². The second kappa shape index (κ2) is 4.29. The zero-order valence-electron chi connectivity index (χ0n) is 10.1. The zero-order chi connectivity index (χ0) is 12.7. The summed E-state index contributed by atoms with van der Waals surface area (Å²) in [6.07, 6.45) is 7.61. The highest BCUT2D eigenvalue weighted by atomic mass is 16.6. The van der Waals surface area contributed by atoms with E-state index < -0.39 is 6.09 Å². The monoisotopic (exact) mass is 248 g/mol. The Morgan fingerprint density at radius 3 is 2.78 bits per heavy atom. The van der Waals surface area contributed by atoms with E-state index in [-0.39, 0.29) is 29.9 Å². The van der Waals surface area contributed by atoms with E-state index in [1.165, 1.54) is 0 Å². The van der Waals surface area contributed by atoms with Crippen LogP contribution in [0.3, 0.4) is 0 Å². The summed E-state index contributed by atoms with van der Waals surface area (Å²) in [6.45, 7) is 1.15. The topological polar surface area (TPSA) is 58.6 Å². The molecule has 3 rings (SSSR count). The molecule has 0 spiro atoms. The van der Waals surface area contributed by atoms with Crippen molar-refractivity contribution < 1.29 is 14.3 Å². The number of nitrogens with zero attached hydrogens (tertiary/aromatic N) is 1. The second-order valence-electron chi connectivity index (χ2n) is 5.37. The minimum atomic E-state index is -0.513. The lowest BCUT2D eigenvalue weighted by Gasteiger charge is -2.30. The summed E-state index contributed by atoms with van der Waals surface area (Å²) >= 11 is 0. The Balaban J connectivity index is 1.59. The number of carbonyl (C=O) groups excluding carboxylic acids is 2. The predicted octanol–water partition coefficient (Wildman–Crippen LogP) is 0.355. The van der Waals surface area contributed by atoms with Gasteiger partial charge in [-0.1, -0.05) is 5.92 Å². The first kappa shape index (κ1) is 11.5. The highest BCUT2D eigenvalue weighted by molar-refractivity contribution is 5.87. The second-order valence-corrected chi connectivity index (χ2v) is 5.37. The molecule has 18 heavy (non-hydrogen) atoms. The van der Waals surface area contributed by atoms with E-state index in [1.807, 2.05) is 0 Å². The number of carbonyl (C=O) groups is 2. The molecule has 1 amide bonds. The summed E-state index contributed by atoms with van der Waals surface area (Å²) in [4.78, 5) is 24.9. The zero-order valence-corrected chi connectivity index (χ0v) is 10.1. The quantitative estimate of drug-likeness (QED) is 0.413. The Bertz CT molecular complexity index is 424. The molecule has 2 saturated heterocycles. The van der Waals surface area contributed by atoms with E-state index in [2.05, 4.69) is 11.2 Å². The molecule has 5 heteroatoms. The number of rotatable bonds is 1. The number of amides is 1. The molecule has 1 saturated carbocycles. The van der Waals surface area contributed by atoms with Crippen molar-refractivity contribution in [2.24, 2.45) is 11.8 Å². The van der Waals surface area contributed by atoms with Gasteiger partial charge in [0.1, 0.15) is 0 Å². The third-order valence-corrected chi connectivity index (χ3v) is 3.91. The van der Waals surface area contributed by atoms with Crippen LogP contribution in [0.4, 0.5) is 4.79 Å². The number of fused-ring (bicyclic) bond motifs is 2. The fraction of sp³-hybridized carbons (Fsp3) is 0.692. The molecular formula is C13H16N2O3. The van der Waals surface area contributed by atoms with Crippen LogP contribution in [-0.2, 0) is 9.53 Å². The van der Waals surface area contributed by atoms with Crippen molar-refractivity contribution in [3.63, 3.8) is 0 Å². The Morgan fingerprint density at radius 2 is 2.11 bits per heavy atom. The smallest absolute Gasteiger partial charge is 0.376 e. The van der Waals surface area contributed by atoms with Gasteiger partial charge in [0.2, 0.25) is 0 Å². The van der Waals surface area contributed by atoms with Crippen LogP contribution in [0.5, 0.6) is 0 Å². The van der Waals surface area contributed by atoms with Gasteiger partial charge >= 0.3 is 12.1 Å². The highest BCUT2D eigenvalue weighted by Crippen LogP contribution is 2.31. The molecule has 0 aromatic heterocycles. The van der Waals surface area contributed by atoms with Crippen LogP contribution in [0.25, 0.3) is 0 Å². The molecule has 3 atom stereocenters. The van der Waals surface area contributed by atoms with E-state index in [4.69, 9.17) is 11.2 Å². The van der Waals surface area contributed by atoms with E-state index >= 15 is 0 Å². The summed E-state index contributed by atoms with van der Waals surface area (Å²) in [5.41, 5.74) is 0. The fourth-order valence-corrected chi connectivity index (χ4v) is 2.78. The molecule has 3 unspecified atom stereocenters. The predicted molar refractivity (Wildman–Crippen MR) is 63.4 cm³/mol. The van der Waals surface area contributed by atoms with Gasteiger partial charge in [-0.2, -0.15) is 0 Å². The molecule has 0 radical (unpaired) electrons. The Kier molecular flexibility index (Phi) is 2.75. The number of nitrogens with one attached hydrogen (secondary N) is 1. The third-order valence-electron chi connectivity index (χ3n) is 3.91. The number of hydrogen-bond acceptors (Lipinski definition) is 4. The number of ether oxygens (including phenoxy) is 1. The summed E-state index contributed by atoms with van der Waals surface area (Å²) < 4.78 is 4.88. The van der Waals surface area contributed by atoms with Crippen LogP contribution in [-0.4, -0.2) is 42.1 Å². The maximum atomic E-state index is 11.9. The molecule has 3 aliphatic rings. The minimum Gasteiger partial charge on any atom is -0.376 e. The van der Waals surface area contributed by atoms with Gasteiger partial charge in [0, 0.05) is 25.0 Å². The SMILES string of the molecule is C#CC1NC2CC1CN(C(=O)OC(=O)C1CC1)C2. The first-order valence-corrected chi connectivity index (χ1v) is 6.40. The van der Waals surface area contributed by atoms with Crippen LogP contribution in [0, 0.1) is 24.2 Å². The van der Waals surface area contributed by atoms with Crippen LogP contribution in [0.1, 0.15) is 19.3 Å². The van der Waals surface area contributed by atoms with E-state index in [1.54, 1.807) is 4.90 Å². The molecule has 2 heterocycles. The molecule has 3 fully saturated rings. The molecule has 0 aromatic carbocycles. The van der Waals surface area contributed by atoms with Crippen molar-refractivity contribution in [3.05, 3.63) is 0 Å². The summed E-state index contributed by atoms with van der Waals surface area (Å²) in [6, 6.07) is 0.264. The lowest BCUT2D eigenvalue weighted by atomic mass is 9.95. The average Bonchev–Trinajstić information content (AvgIpc) is 3.16. The number of esters is 1. The van der Waals surface area contributed by atoms with Gasteiger partial charge < -0.3 is 9.64 Å². The first-order chi connectivity index (χ1) is 8.67. The number of piperidine rings is 1. The van der Waals surface area contributed by atoms with Crippen LogP contribution in [0.15, 0.2) is 0 Å². The molecule has 2 aliphatic heterocycles. The molecule has 0 aromatic rings.